The second-order valence-corrected chi connectivity index (χ2v) is 5.86. The number of amides is 1. The molecule has 2 aliphatic heterocycles. The lowest BCUT2D eigenvalue weighted by Gasteiger charge is -2.38. The van der Waals surface area contributed by atoms with E-state index in [1.54, 1.807) is 12.4 Å². The van der Waals surface area contributed by atoms with Crippen LogP contribution in [0, 0.1) is 5.92 Å². The highest BCUT2D eigenvalue weighted by molar-refractivity contribution is 5.92. The molecule has 5 nitrogen and oxygen atoms in total. The Kier molecular flexibility index (Phi) is 3.70. The van der Waals surface area contributed by atoms with Gasteiger partial charge in [-0.05, 0) is 25.2 Å². The molecule has 0 bridgehead atoms. The van der Waals surface area contributed by atoms with Gasteiger partial charge in [0.2, 0.25) is 0 Å². The van der Waals surface area contributed by atoms with Gasteiger partial charge in [-0.3, -0.25) is 9.78 Å². The SMILES string of the molecule is CC[C@H]1COC2(CCN(C(=O)c3cnccn3)CC2)C1. The van der Waals surface area contributed by atoms with Gasteiger partial charge >= 0.3 is 0 Å². The molecule has 108 valence electrons. The maximum Gasteiger partial charge on any atom is 0.274 e. The van der Waals surface area contributed by atoms with Gasteiger partial charge in [-0.25, -0.2) is 4.98 Å². The zero-order chi connectivity index (χ0) is 14.0. The average molecular weight is 275 g/mol. The van der Waals surface area contributed by atoms with Crippen LogP contribution in [0.4, 0.5) is 0 Å². The summed E-state index contributed by atoms with van der Waals surface area (Å²) >= 11 is 0. The number of hydrogen-bond donors (Lipinski definition) is 0. The van der Waals surface area contributed by atoms with Crippen LogP contribution in [-0.4, -0.2) is 46.1 Å². The number of aromatic nitrogens is 2. The quantitative estimate of drug-likeness (QED) is 0.827. The van der Waals surface area contributed by atoms with Crippen molar-refractivity contribution in [3.63, 3.8) is 0 Å². The molecule has 3 rings (SSSR count). The van der Waals surface area contributed by atoms with Crippen molar-refractivity contribution in [2.45, 2.75) is 38.2 Å². The van der Waals surface area contributed by atoms with Crippen molar-refractivity contribution in [1.82, 2.24) is 14.9 Å². The largest absolute Gasteiger partial charge is 0.375 e. The number of rotatable bonds is 2. The van der Waals surface area contributed by atoms with Crippen LogP contribution in [0.1, 0.15) is 43.1 Å². The summed E-state index contributed by atoms with van der Waals surface area (Å²) in [5, 5.41) is 0. The van der Waals surface area contributed by atoms with Gasteiger partial charge in [-0.2, -0.15) is 0 Å². The number of nitrogens with zero attached hydrogens (tertiary/aromatic N) is 3. The van der Waals surface area contributed by atoms with E-state index in [1.807, 2.05) is 4.90 Å². The highest BCUT2D eigenvalue weighted by atomic mass is 16.5. The highest BCUT2D eigenvalue weighted by Crippen LogP contribution is 2.39. The van der Waals surface area contributed by atoms with Crippen LogP contribution in [0.3, 0.4) is 0 Å². The van der Waals surface area contributed by atoms with Gasteiger partial charge < -0.3 is 9.64 Å². The van der Waals surface area contributed by atoms with Gasteiger partial charge in [0.05, 0.1) is 18.4 Å². The van der Waals surface area contributed by atoms with Gasteiger partial charge in [-0.1, -0.05) is 13.3 Å². The van der Waals surface area contributed by atoms with E-state index in [4.69, 9.17) is 4.74 Å². The van der Waals surface area contributed by atoms with Crippen LogP contribution in [-0.2, 0) is 4.74 Å². The summed E-state index contributed by atoms with van der Waals surface area (Å²) in [4.78, 5) is 22.2. The summed E-state index contributed by atoms with van der Waals surface area (Å²) in [5.74, 6) is 0.676. The Labute approximate surface area is 119 Å². The smallest absolute Gasteiger partial charge is 0.274 e. The van der Waals surface area contributed by atoms with Gasteiger partial charge in [0.1, 0.15) is 5.69 Å². The summed E-state index contributed by atoms with van der Waals surface area (Å²) in [5.41, 5.74) is 0.460. The molecule has 1 amide bonds. The van der Waals surface area contributed by atoms with Crippen molar-refractivity contribution < 1.29 is 9.53 Å². The van der Waals surface area contributed by atoms with Crippen LogP contribution >= 0.6 is 0 Å². The minimum absolute atomic E-state index is 0.0158. The predicted molar refractivity (Wildman–Crippen MR) is 74.3 cm³/mol. The Morgan fingerprint density at radius 2 is 2.25 bits per heavy atom. The Bertz CT molecular complexity index is 469. The van der Waals surface area contributed by atoms with E-state index in [0.717, 1.165) is 39.0 Å². The molecule has 1 aromatic rings. The van der Waals surface area contributed by atoms with Gasteiger partial charge in [0.25, 0.3) is 5.91 Å². The number of ether oxygens (including phenoxy) is 1. The number of likely N-dealkylation sites (tertiary alicyclic amines) is 1. The summed E-state index contributed by atoms with van der Waals surface area (Å²) in [7, 11) is 0. The molecule has 1 aromatic heterocycles. The standard InChI is InChI=1S/C15H21N3O2/c1-2-12-9-15(20-11-12)3-7-18(8-4-15)14(19)13-10-16-5-6-17-13/h5-6,10,12H,2-4,7-9,11H2,1H3/t12-/m1/s1. The van der Waals surface area contributed by atoms with Gasteiger partial charge in [-0.15, -0.1) is 0 Å². The lowest BCUT2D eigenvalue weighted by atomic mass is 9.84. The molecule has 0 N–H and O–H groups in total. The minimum atomic E-state index is -0.0158. The van der Waals surface area contributed by atoms with Crippen molar-refractivity contribution in [3.8, 4) is 0 Å². The van der Waals surface area contributed by atoms with E-state index < -0.39 is 0 Å². The Morgan fingerprint density at radius 1 is 1.45 bits per heavy atom. The third-order valence-electron chi connectivity index (χ3n) is 4.61. The van der Waals surface area contributed by atoms with Crippen molar-refractivity contribution in [2.75, 3.05) is 19.7 Å². The fourth-order valence-corrected chi connectivity index (χ4v) is 3.24. The Morgan fingerprint density at radius 3 is 2.85 bits per heavy atom. The second-order valence-electron chi connectivity index (χ2n) is 5.86. The monoisotopic (exact) mass is 275 g/mol. The third kappa shape index (κ3) is 2.54. The van der Waals surface area contributed by atoms with E-state index in [9.17, 15) is 4.79 Å². The molecule has 0 aromatic carbocycles. The zero-order valence-electron chi connectivity index (χ0n) is 11.9. The molecule has 3 heterocycles. The first-order valence-electron chi connectivity index (χ1n) is 7.42. The molecule has 0 aliphatic carbocycles. The summed E-state index contributed by atoms with van der Waals surface area (Å²) in [6.07, 6.45) is 8.89. The molecular weight excluding hydrogens is 254 g/mol. The fraction of sp³-hybridized carbons (Fsp3) is 0.667. The first kappa shape index (κ1) is 13.5. The molecule has 0 unspecified atom stereocenters. The van der Waals surface area contributed by atoms with Crippen LogP contribution in [0.15, 0.2) is 18.6 Å². The molecule has 2 fully saturated rings. The van der Waals surface area contributed by atoms with Gasteiger partial charge in [0.15, 0.2) is 0 Å². The lowest BCUT2D eigenvalue weighted by molar-refractivity contribution is -0.0392. The normalized spacial score (nSPS) is 25.1. The first-order chi connectivity index (χ1) is 9.72. The zero-order valence-corrected chi connectivity index (χ0v) is 11.9. The molecule has 2 saturated heterocycles. The highest BCUT2D eigenvalue weighted by Gasteiger charge is 2.42. The molecule has 5 heteroatoms. The molecule has 0 radical (unpaired) electrons. The van der Waals surface area contributed by atoms with Crippen LogP contribution < -0.4 is 0 Å². The second kappa shape index (κ2) is 5.48. The van der Waals surface area contributed by atoms with Crippen molar-refractivity contribution in [3.05, 3.63) is 24.3 Å². The Balaban J connectivity index is 1.60. The van der Waals surface area contributed by atoms with Gasteiger partial charge in [0, 0.05) is 25.5 Å². The number of hydrogen-bond acceptors (Lipinski definition) is 4. The van der Waals surface area contributed by atoms with E-state index >= 15 is 0 Å². The van der Waals surface area contributed by atoms with Crippen molar-refractivity contribution in [2.24, 2.45) is 5.92 Å². The molecular formula is C15H21N3O2. The lowest BCUT2D eigenvalue weighted by Crippen LogP contribution is -2.46. The minimum Gasteiger partial charge on any atom is -0.375 e. The maximum atomic E-state index is 12.3. The number of carbonyl (C=O) groups is 1. The Hall–Kier alpha value is -1.49. The van der Waals surface area contributed by atoms with Crippen LogP contribution in [0.2, 0.25) is 0 Å². The number of piperidine rings is 1. The van der Waals surface area contributed by atoms with Crippen molar-refractivity contribution in [1.29, 1.82) is 0 Å². The predicted octanol–water partition coefficient (Wildman–Crippen LogP) is 1.90. The molecule has 20 heavy (non-hydrogen) atoms. The molecule has 0 saturated carbocycles. The topological polar surface area (TPSA) is 55.3 Å². The molecule has 2 aliphatic rings. The van der Waals surface area contributed by atoms with Crippen molar-refractivity contribution >= 4 is 5.91 Å². The molecule has 1 atom stereocenters. The summed E-state index contributed by atoms with van der Waals surface area (Å²) in [6, 6.07) is 0. The van der Waals surface area contributed by atoms with E-state index in [1.165, 1.54) is 12.6 Å². The maximum absolute atomic E-state index is 12.3. The van der Waals surface area contributed by atoms with Crippen LogP contribution in [0.25, 0.3) is 0 Å². The summed E-state index contributed by atoms with van der Waals surface area (Å²) in [6.45, 7) is 4.62. The fourth-order valence-electron chi connectivity index (χ4n) is 3.24. The summed E-state index contributed by atoms with van der Waals surface area (Å²) < 4.78 is 6.05. The first-order valence-corrected chi connectivity index (χ1v) is 7.42. The van der Waals surface area contributed by atoms with Crippen LogP contribution in [0.5, 0.6) is 0 Å². The van der Waals surface area contributed by atoms with E-state index in [0.29, 0.717) is 11.6 Å². The third-order valence-corrected chi connectivity index (χ3v) is 4.61. The average Bonchev–Trinajstić information content (AvgIpc) is 2.91. The van der Waals surface area contributed by atoms with E-state index in [-0.39, 0.29) is 11.5 Å². The number of carbonyl (C=O) groups excluding carboxylic acids is 1. The molecule has 1 spiro atoms. The van der Waals surface area contributed by atoms with E-state index in [2.05, 4.69) is 16.9 Å².